The molecule has 0 spiro atoms. The topological polar surface area (TPSA) is 58.6 Å². The predicted molar refractivity (Wildman–Crippen MR) is 100 cm³/mol. The smallest absolute Gasteiger partial charge is 0.251 e. The summed E-state index contributed by atoms with van der Waals surface area (Å²) < 4.78 is 5.32. The van der Waals surface area contributed by atoms with Gasteiger partial charge in [-0.2, -0.15) is 0 Å². The highest BCUT2D eigenvalue weighted by atomic mass is 16.5. The monoisotopic (exact) mass is 352 g/mol. The number of amides is 2. The maximum absolute atomic E-state index is 12.3. The first-order valence-corrected chi connectivity index (χ1v) is 8.94. The molecule has 0 unspecified atom stereocenters. The van der Waals surface area contributed by atoms with Crippen molar-refractivity contribution in [3.8, 4) is 5.75 Å². The minimum absolute atomic E-state index is 0.0938. The van der Waals surface area contributed by atoms with E-state index >= 15 is 0 Å². The van der Waals surface area contributed by atoms with Crippen molar-refractivity contribution in [3.05, 3.63) is 65.2 Å². The molecule has 2 aromatic rings. The fourth-order valence-corrected chi connectivity index (χ4v) is 3.18. The highest BCUT2D eigenvalue weighted by Gasteiger charge is 2.19. The molecule has 1 heterocycles. The van der Waals surface area contributed by atoms with Crippen molar-refractivity contribution < 1.29 is 14.3 Å². The third-order valence-electron chi connectivity index (χ3n) is 4.63. The van der Waals surface area contributed by atoms with Crippen LogP contribution in [0.1, 0.15) is 34.3 Å². The van der Waals surface area contributed by atoms with Crippen LogP contribution < -0.4 is 10.1 Å². The Bertz CT molecular complexity index is 771. The quantitative estimate of drug-likeness (QED) is 0.834. The number of hydrogen-bond donors (Lipinski definition) is 1. The normalized spacial score (nSPS) is 13.7. The minimum Gasteiger partial charge on any atom is -0.496 e. The molecule has 1 aliphatic rings. The average Bonchev–Trinajstić information content (AvgIpc) is 3.07. The van der Waals surface area contributed by atoms with E-state index in [1.54, 1.807) is 7.11 Å². The molecule has 0 bridgehead atoms. The van der Waals surface area contributed by atoms with Crippen molar-refractivity contribution in [2.24, 2.45) is 0 Å². The lowest BCUT2D eigenvalue weighted by Crippen LogP contribution is -2.26. The lowest BCUT2D eigenvalue weighted by Gasteiger charge is -2.15. The number of likely N-dealkylation sites (tertiary alicyclic amines) is 1. The number of nitrogens with zero attached hydrogens (tertiary/aromatic N) is 1. The van der Waals surface area contributed by atoms with Gasteiger partial charge in [0.2, 0.25) is 5.91 Å². The number of methoxy groups -OCH3 is 1. The van der Waals surface area contributed by atoms with Gasteiger partial charge in [0.05, 0.1) is 7.11 Å². The SMILES string of the molecule is COc1ccccc1CCNC(=O)c1ccc(CN2CCCC2=O)cc1. The third-order valence-corrected chi connectivity index (χ3v) is 4.63. The minimum atomic E-state index is -0.0938. The molecule has 26 heavy (non-hydrogen) atoms. The summed E-state index contributed by atoms with van der Waals surface area (Å²) in [6, 6.07) is 15.3. The van der Waals surface area contributed by atoms with E-state index in [4.69, 9.17) is 4.74 Å². The summed E-state index contributed by atoms with van der Waals surface area (Å²) in [4.78, 5) is 25.8. The van der Waals surface area contributed by atoms with Crippen LogP contribution in [0.3, 0.4) is 0 Å². The van der Waals surface area contributed by atoms with Crippen LogP contribution in [0.2, 0.25) is 0 Å². The summed E-state index contributed by atoms with van der Waals surface area (Å²) in [6.07, 6.45) is 2.29. The lowest BCUT2D eigenvalue weighted by molar-refractivity contribution is -0.128. The molecular formula is C21H24N2O3. The van der Waals surface area contributed by atoms with Crippen LogP contribution in [0.25, 0.3) is 0 Å². The first-order valence-electron chi connectivity index (χ1n) is 8.94. The molecule has 1 aliphatic heterocycles. The van der Waals surface area contributed by atoms with E-state index in [0.29, 0.717) is 31.5 Å². The first-order chi connectivity index (χ1) is 12.7. The van der Waals surface area contributed by atoms with E-state index < -0.39 is 0 Å². The number of hydrogen-bond acceptors (Lipinski definition) is 3. The molecule has 0 aliphatic carbocycles. The third kappa shape index (κ3) is 4.42. The van der Waals surface area contributed by atoms with Gasteiger partial charge in [0.25, 0.3) is 5.91 Å². The molecule has 1 fully saturated rings. The number of carbonyl (C=O) groups excluding carboxylic acids is 2. The second-order valence-corrected chi connectivity index (χ2v) is 6.43. The zero-order valence-electron chi connectivity index (χ0n) is 15.0. The molecule has 2 amide bonds. The lowest BCUT2D eigenvalue weighted by atomic mass is 10.1. The molecule has 0 aromatic heterocycles. The molecule has 5 nitrogen and oxygen atoms in total. The fourth-order valence-electron chi connectivity index (χ4n) is 3.18. The number of ether oxygens (including phenoxy) is 1. The maximum Gasteiger partial charge on any atom is 0.251 e. The predicted octanol–water partition coefficient (Wildman–Crippen LogP) is 2.79. The van der Waals surface area contributed by atoms with Gasteiger partial charge in [-0.1, -0.05) is 30.3 Å². The number of rotatable bonds is 7. The van der Waals surface area contributed by atoms with Crippen LogP contribution in [0.5, 0.6) is 5.75 Å². The highest BCUT2D eigenvalue weighted by molar-refractivity contribution is 5.94. The van der Waals surface area contributed by atoms with E-state index in [0.717, 1.165) is 29.8 Å². The van der Waals surface area contributed by atoms with Crippen LogP contribution in [-0.4, -0.2) is 36.9 Å². The van der Waals surface area contributed by atoms with Gasteiger partial charge < -0.3 is 15.0 Å². The number of carbonyl (C=O) groups is 2. The summed E-state index contributed by atoms with van der Waals surface area (Å²) in [5, 5.41) is 2.94. The Hall–Kier alpha value is -2.82. The second kappa shape index (κ2) is 8.52. The number of benzene rings is 2. The summed E-state index contributed by atoms with van der Waals surface area (Å²) >= 11 is 0. The molecule has 0 atom stereocenters. The van der Waals surface area contributed by atoms with Crippen molar-refractivity contribution in [1.29, 1.82) is 0 Å². The first kappa shape index (κ1) is 18.0. The second-order valence-electron chi connectivity index (χ2n) is 6.43. The molecule has 136 valence electrons. The van der Waals surface area contributed by atoms with Crippen molar-refractivity contribution in [1.82, 2.24) is 10.2 Å². The van der Waals surface area contributed by atoms with Crippen molar-refractivity contribution >= 4 is 11.8 Å². The van der Waals surface area contributed by atoms with Crippen molar-refractivity contribution in [2.45, 2.75) is 25.8 Å². The zero-order valence-corrected chi connectivity index (χ0v) is 15.0. The number of nitrogens with one attached hydrogen (secondary N) is 1. The van der Waals surface area contributed by atoms with Gasteiger partial charge in [-0.3, -0.25) is 9.59 Å². The molecule has 1 N–H and O–H groups in total. The van der Waals surface area contributed by atoms with E-state index in [9.17, 15) is 9.59 Å². The summed E-state index contributed by atoms with van der Waals surface area (Å²) in [5.74, 6) is 0.953. The van der Waals surface area contributed by atoms with E-state index in [-0.39, 0.29) is 11.8 Å². The molecule has 3 rings (SSSR count). The molecule has 5 heteroatoms. The summed E-state index contributed by atoms with van der Waals surface area (Å²) in [6.45, 7) is 1.99. The molecule has 0 radical (unpaired) electrons. The van der Waals surface area contributed by atoms with Crippen LogP contribution in [0.4, 0.5) is 0 Å². The van der Waals surface area contributed by atoms with Crippen LogP contribution in [-0.2, 0) is 17.8 Å². The highest BCUT2D eigenvalue weighted by Crippen LogP contribution is 2.17. The van der Waals surface area contributed by atoms with Gasteiger partial charge in [-0.05, 0) is 42.2 Å². The Morgan fingerprint density at radius 3 is 2.62 bits per heavy atom. The Morgan fingerprint density at radius 1 is 1.15 bits per heavy atom. The Balaban J connectivity index is 1.51. The van der Waals surface area contributed by atoms with E-state index in [1.165, 1.54) is 0 Å². The molecular weight excluding hydrogens is 328 g/mol. The Labute approximate surface area is 154 Å². The molecule has 0 saturated carbocycles. The van der Waals surface area contributed by atoms with Crippen molar-refractivity contribution in [3.63, 3.8) is 0 Å². The Morgan fingerprint density at radius 2 is 1.92 bits per heavy atom. The maximum atomic E-state index is 12.3. The van der Waals surface area contributed by atoms with Gasteiger partial charge in [-0.25, -0.2) is 0 Å². The van der Waals surface area contributed by atoms with Crippen LogP contribution in [0.15, 0.2) is 48.5 Å². The summed E-state index contributed by atoms with van der Waals surface area (Å²) in [5.41, 5.74) is 2.74. The zero-order chi connectivity index (χ0) is 18.4. The molecule has 2 aromatic carbocycles. The number of para-hydroxylation sites is 1. The van der Waals surface area contributed by atoms with E-state index in [1.807, 2.05) is 53.4 Å². The van der Waals surface area contributed by atoms with Crippen LogP contribution in [0, 0.1) is 0 Å². The van der Waals surface area contributed by atoms with Gasteiger partial charge in [0.15, 0.2) is 0 Å². The van der Waals surface area contributed by atoms with Gasteiger partial charge >= 0.3 is 0 Å². The average molecular weight is 352 g/mol. The molecule has 1 saturated heterocycles. The largest absolute Gasteiger partial charge is 0.496 e. The van der Waals surface area contributed by atoms with Gasteiger partial charge in [0.1, 0.15) is 5.75 Å². The Kier molecular flexibility index (Phi) is 5.89. The standard InChI is InChI=1S/C21H24N2O3/c1-26-19-6-3-2-5-17(19)12-13-22-21(25)18-10-8-16(9-11-18)15-23-14-4-7-20(23)24/h2-3,5-6,8-11H,4,7,12-15H2,1H3,(H,22,25). The van der Waals surface area contributed by atoms with Gasteiger partial charge in [0, 0.05) is 31.6 Å². The fraction of sp³-hybridized carbons (Fsp3) is 0.333. The van der Waals surface area contributed by atoms with Crippen molar-refractivity contribution in [2.75, 3.05) is 20.2 Å². The summed E-state index contributed by atoms with van der Waals surface area (Å²) in [7, 11) is 1.65. The van der Waals surface area contributed by atoms with Crippen LogP contribution >= 0.6 is 0 Å². The van der Waals surface area contributed by atoms with Gasteiger partial charge in [-0.15, -0.1) is 0 Å². The van der Waals surface area contributed by atoms with E-state index in [2.05, 4.69) is 5.32 Å².